The molecule has 45 heavy (non-hydrogen) atoms. The highest BCUT2D eigenvalue weighted by Gasteiger charge is 2.26. The number of amidine groups is 2. The van der Waals surface area contributed by atoms with Gasteiger partial charge in [0.1, 0.15) is 33.2 Å². The number of phenols is 1. The second-order valence-electron chi connectivity index (χ2n) is 9.51. The van der Waals surface area contributed by atoms with Gasteiger partial charge in [0.15, 0.2) is 17.3 Å². The van der Waals surface area contributed by atoms with Gasteiger partial charge in [0.2, 0.25) is 11.6 Å². The minimum atomic E-state index is -1.81. The van der Waals surface area contributed by atoms with Gasteiger partial charge in [-0.1, -0.05) is 0 Å². The maximum absolute atomic E-state index is 15.6. The molecule has 1 atom stereocenters. The highest BCUT2D eigenvalue weighted by Crippen LogP contribution is 2.38. The van der Waals surface area contributed by atoms with Crippen LogP contribution in [0.4, 0.5) is 8.78 Å². The summed E-state index contributed by atoms with van der Waals surface area (Å²) in [6.45, 7) is 2.90. The SMILES string of the molecule is CCOC(=O)c1ccc(S(=O)c2ccc(Oc3c(F)cnc(Oc4cc(C(=N)N)ccc4O)c3F)c(C3=NCCN3C)c2)nc1. The van der Waals surface area contributed by atoms with Crippen LogP contribution in [0.25, 0.3) is 0 Å². The van der Waals surface area contributed by atoms with Crippen molar-refractivity contribution < 1.29 is 37.1 Å². The predicted molar refractivity (Wildman–Crippen MR) is 159 cm³/mol. The normalized spacial score (nSPS) is 13.2. The Morgan fingerprint density at radius 2 is 1.84 bits per heavy atom. The van der Waals surface area contributed by atoms with E-state index in [1.54, 1.807) is 18.9 Å². The van der Waals surface area contributed by atoms with Crippen LogP contribution in [0, 0.1) is 17.0 Å². The van der Waals surface area contributed by atoms with Crippen LogP contribution in [0.2, 0.25) is 0 Å². The van der Waals surface area contributed by atoms with Gasteiger partial charge < -0.3 is 30.0 Å². The van der Waals surface area contributed by atoms with Gasteiger partial charge in [-0.3, -0.25) is 10.4 Å². The number of phenolic OH excluding ortho intramolecular Hbond substituents is 1. The van der Waals surface area contributed by atoms with E-state index in [-0.39, 0.29) is 45.0 Å². The van der Waals surface area contributed by atoms with E-state index in [0.717, 1.165) is 0 Å². The van der Waals surface area contributed by atoms with E-state index < -0.39 is 45.8 Å². The molecule has 0 fully saturated rings. The van der Waals surface area contributed by atoms with E-state index in [9.17, 15) is 18.5 Å². The number of aliphatic imine (C=N–C) groups is 1. The van der Waals surface area contributed by atoms with Gasteiger partial charge in [-0.05, 0) is 55.5 Å². The molecule has 0 aliphatic carbocycles. The fraction of sp³-hybridized carbons (Fsp3) is 0.167. The topological polar surface area (TPSA) is 173 Å². The number of pyridine rings is 2. The number of carbonyl (C=O) groups excluding carboxylic acids is 1. The molecule has 15 heteroatoms. The van der Waals surface area contributed by atoms with Crippen LogP contribution in [-0.4, -0.2) is 68.6 Å². The summed E-state index contributed by atoms with van der Waals surface area (Å²) in [6.07, 6.45) is 1.96. The number of nitrogens with zero attached hydrogens (tertiary/aromatic N) is 4. The molecule has 1 unspecified atom stereocenters. The summed E-state index contributed by atoms with van der Waals surface area (Å²) in [6, 6.07) is 11.0. The first kappa shape index (κ1) is 31.0. The maximum Gasteiger partial charge on any atom is 0.339 e. The van der Waals surface area contributed by atoms with Crippen molar-refractivity contribution in [3.8, 4) is 28.9 Å². The zero-order valence-electron chi connectivity index (χ0n) is 23.9. The highest BCUT2D eigenvalue weighted by molar-refractivity contribution is 7.85. The van der Waals surface area contributed by atoms with Gasteiger partial charge in [-0.2, -0.15) is 4.39 Å². The quantitative estimate of drug-likeness (QED) is 0.129. The minimum absolute atomic E-state index is 0.00903. The van der Waals surface area contributed by atoms with Crippen molar-refractivity contribution >= 4 is 28.4 Å². The Morgan fingerprint density at radius 3 is 2.51 bits per heavy atom. The number of esters is 1. The number of rotatable bonds is 10. The van der Waals surface area contributed by atoms with Crippen LogP contribution < -0.4 is 15.2 Å². The monoisotopic (exact) mass is 636 g/mol. The Morgan fingerprint density at radius 1 is 1.07 bits per heavy atom. The van der Waals surface area contributed by atoms with Gasteiger partial charge in [0.05, 0.1) is 30.5 Å². The van der Waals surface area contributed by atoms with Gasteiger partial charge in [0, 0.05) is 30.2 Å². The number of hydrogen-bond acceptors (Lipinski definition) is 11. The van der Waals surface area contributed by atoms with Crippen LogP contribution in [0.3, 0.4) is 0 Å². The number of hydrogen-bond donors (Lipinski definition) is 3. The summed E-state index contributed by atoms with van der Waals surface area (Å²) in [4.78, 5) is 26.3. The van der Waals surface area contributed by atoms with Crippen molar-refractivity contribution in [3.05, 3.63) is 89.2 Å². The third kappa shape index (κ3) is 6.57. The van der Waals surface area contributed by atoms with Crippen molar-refractivity contribution in [2.45, 2.75) is 16.8 Å². The molecule has 0 saturated heterocycles. The minimum Gasteiger partial charge on any atom is -0.504 e. The van der Waals surface area contributed by atoms with Crippen LogP contribution in [-0.2, 0) is 15.5 Å². The van der Waals surface area contributed by atoms with Crippen molar-refractivity contribution in [1.82, 2.24) is 14.9 Å². The number of nitrogens with two attached hydrogens (primary N) is 1. The second kappa shape index (κ2) is 13.1. The van der Waals surface area contributed by atoms with E-state index >= 15 is 4.39 Å². The summed E-state index contributed by atoms with van der Waals surface area (Å²) in [7, 11) is -0.0354. The summed E-state index contributed by atoms with van der Waals surface area (Å²) in [5.41, 5.74) is 6.18. The van der Waals surface area contributed by atoms with E-state index in [2.05, 4.69) is 15.0 Å². The molecule has 1 aliphatic heterocycles. The molecule has 232 valence electrons. The first-order valence-corrected chi connectivity index (χ1v) is 14.5. The number of likely N-dealkylation sites (N-methyl/N-ethyl adjacent to an activating group) is 1. The van der Waals surface area contributed by atoms with Gasteiger partial charge in [0.25, 0.3) is 5.88 Å². The second-order valence-corrected chi connectivity index (χ2v) is 10.9. The van der Waals surface area contributed by atoms with E-state index in [1.807, 2.05) is 0 Å². The van der Waals surface area contributed by atoms with Gasteiger partial charge in [-0.25, -0.2) is 23.4 Å². The fourth-order valence-corrected chi connectivity index (χ4v) is 5.23. The van der Waals surface area contributed by atoms with Crippen molar-refractivity contribution in [2.24, 2.45) is 10.7 Å². The molecule has 0 amide bonds. The molecule has 0 saturated carbocycles. The molecule has 0 spiro atoms. The molecule has 3 heterocycles. The predicted octanol–water partition coefficient (Wildman–Crippen LogP) is 4.36. The Bertz CT molecular complexity index is 1850. The van der Waals surface area contributed by atoms with Crippen molar-refractivity contribution in [3.63, 3.8) is 0 Å². The number of nitrogens with one attached hydrogen (secondary N) is 1. The molecule has 2 aromatic heterocycles. The molecule has 2 aromatic carbocycles. The number of halogens is 2. The summed E-state index contributed by atoms with van der Waals surface area (Å²) in [5.74, 6) is -5.14. The Balaban J connectivity index is 1.49. The van der Waals surface area contributed by atoms with Crippen LogP contribution in [0.5, 0.6) is 28.9 Å². The lowest BCUT2D eigenvalue weighted by Crippen LogP contribution is -2.24. The van der Waals surface area contributed by atoms with Crippen LogP contribution in [0.15, 0.2) is 75.8 Å². The number of aromatic hydroxyl groups is 1. The molecule has 4 aromatic rings. The first-order valence-electron chi connectivity index (χ1n) is 13.4. The van der Waals surface area contributed by atoms with E-state index in [0.29, 0.717) is 30.7 Å². The Labute approximate surface area is 258 Å². The lowest BCUT2D eigenvalue weighted by Gasteiger charge is -2.19. The number of nitrogen functional groups attached to an aromatic ring is 1. The standard InChI is InChI=1S/C30H26F2N6O6S/c1-3-42-30(40)17-5-9-24(36-14-17)45(41)18-6-8-22(19(13-18)28-35-10-11-38(28)2)43-26-20(31)15-37-29(25(26)32)44-23-12-16(27(33)34)4-7-21(23)39/h4-9,12-15,39H,3,10-11H2,1-2H3,(H3,33,34). The van der Waals surface area contributed by atoms with Gasteiger partial charge in [-0.15, -0.1) is 0 Å². The number of aromatic nitrogens is 2. The number of ether oxygens (including phenoxy) is 3. The molecule has 0 bridgehead atoms. The molecule has 5 rings (SSSR count). The average Bonchev–Trinajstić information content (AvgIpc) is 3.46. The molecule has 1 aliphatic rings. The Hall–Kier alpha value is -5.44. The fourth-order valence-electron chi connectivity index (χ4n) is 4.23. The maximum atomic E-state index is 15.6. The molecular weight excluding hydrogens is 610 g/mol. The first-order chi connectivity index (χ1) is 21.6. The van der Waals surface area contributed by atoms with Crippen LogP contribution >= 0.6 is 0 Å². The van der Waals surface area contributed by atoms with E-state index in [4.69, 9.17) is 25.4 Å². The molecule has 0 radical (unpaired) electrons. The summed E-state index contributed by atoms with van der Waals surface area (Å²) in [5, 5.41) is 17.9. The molecule has 12 nitrogen and oxygen atoms in total. The summed E-state index contributed by atoms with van der Waals surface area (Å²) < 4.78 is 60.1. The smallest absolute Gasteiger partial charge is 0.339 e. The largest absolute Gasteiger partial charge is 0.504 e. The lowest BCUT2D eigenvalue weighted by molar-refractivity contribution is 0.0525. The number of carbonyl (C=O) groups is 1. The Kier molecular flexibility index (Phi) is 8.99. The third-order valence-corrected chi connectivity index (χ3v) is 7.79. The zero-order valence-corrected chi connectivity index (χ0v) is 24.7. The lowest BCUT2D eigenvalue weighted by atomic mass is 10.1. The average molecular weight is 637 g/mol. The number of benzene rings is 2. The highest BCUT2D eigenvalue weighted by atomic mass is 32.2. The third-order valence-electron chi connectivity index (χ3n) is 6.49. The summed E-state index contributed by atoms with van der Waals surface area (Å²) >= 11 is 0. The van der Waals surface area contributed by atoms with E-state index in [1.165, 1.54) is 54.7 Å². The van der Waals surface area contributed by atoms with Crippen molar-refractivity contribution in [2.75, 3.05) is 26.7 Å². The molecule has 4 N–H and O–H groups in total. The van der Waals surface area contributed by atoms with Crippen molar-refractivity contribution in [1.29, 1.82) is 5.41 Å². The van der Waals surface area contributed by atoms with Gasteiger partial charge >= 0.3 is 5.97 Å². The molecular formula is C30H26F2N6O6S. The van der Waals surface area contributed by atoms with Crippen LogP contribution in [0.1, 0.15) is 28.4 Å². The zero-order chi connectivity index (χ0) is 32.2.